The number of aromatic nitrogens is 3. The summed E-state index contributed by atoms with van der Waals surface area (Å²) < 4.78 is 20.9. The Morgan fingerprint density at radius 1 is 1.06 bits per heavy atom. The zero-order valence-electron chi connectivity index (χ0n) is 23.3. The smallest absolute Gasteiger partial charge is 0.171 e. The standard InChI is InChI=1S/C25H46IN5O3Si2/c1-32-25(27)10-8-20(9-11-25)22-16-23(31-24(29-22)21(26)17-28-31)30(18-33-12-14-35(2,3)4)19-34-13-15-36(5,6)7/h16-17,20H,8-15,18-19,27H2,1-7H3/t20-,25+. The number of methoxy groups -OCH3 is 1. The van der Waals surface area contributed by atoms with Gasteiger partial charge in [-0.1, -0.05) is 39.3 Å². The van der Waals surface area contributed by atoms with Crippen LogP contribution in [0.25, 0.3) is 5.65 Å². The molecule has 2 aromatic heterocycles. The minimum atomic E-state index is -1.17. The third-order valence-corrected chi connectivity index (χ3v) is 11.1. The molecule has 0 saturated heterocycles. The molecule has 2 aromatic rings. The molecule has 3 rings (SSSR count). The first kappa shape index (κ1) is 30.0. The monoisotopic (exact) mass is 647 g/mol. The van der Waals surface area contributed by atoms with Crippen molar-refractivity contribution in [2.75, 3.05) is 38.7 Å². The minimum absolute atomic E-state index is 0.341. The summed E-state index contributed by atoms with van der Waals surface area (Å²) in [6.45, 7) is 16.7. The van der Waals surface area contributed by atoms with Crippen LogP contribution in [-0.2, 0) is 14.2 Å². The molecule has 11 heteroatoms. The molecule has 1 aliphatic carbocycles. The molecule has 36 heavy (non-hydrogen) atoms. The molecule has 0 amide bonds. The average molecular weight is 648 g/mol. The molecule has 2 N–H and O–H groups in total. The lowest BCUT2D eigenvalue weighted by atomic mass is 9.82. The maximum Gasteiger partial charge on any atom is 0.171 e. The van der Waals surface area contributed by atoms with Crippen molar-refractivity contribution in [3.8, 4) is 0 Å². The lowest BCUT2D eigenvalue weighted by Crippen LogP contribution is -2.44. The van der Waals surface area contributed by atoms with Crippen LogP contribution < -0.4 is 10.6 Å². The number of nitrogens with zero attached hydrogens (tertiary/aromatic N) is 4. The second kappa shape index (κ2) is 12.5. The van der Waals surface area contributed by atoms with Gasteiger partial charge in [-0.2, -0.15) is 9.61 Å². The zero-order chi connectivity index (χ0) is 26.6. The summed E-state index contributed by atoms with van der Waals surface area (Å²) in [5, 5.41) is 4.66. The van der Waals surface area contributed by atoms with E-state index in [1.807, 2.05) is 10.7 Å². The van der Waals surface area contributed by atoms with Gasteiger partial charge in [0.25, 0.3) is 0 Å². The van der Waals surface area contributed by atoms with E-state index in [0.717, 1.165) is 71.7 Å². The van der Waals surface area contributed by atoms with E-state index in [1.54, 1.807) is 7.11 Å². The molecule has 0 aliphatic heterocycles. The molecule has 1 saturated carbocycles. The summed E-state index contributed by atoms with van der Waals surface area (Å²) in [5.74, 6) is 1.31. The maximum atomic E-state index is 6.38. The summed E-state index contributed by atoms with van der Waals surface area (Å²) in [6, 6.07) is 4.45. The predicted molar refractivity (Wildman–Crippen MR) is 161 cm³/mol. The van der Waals surface area contributed by atoms with Crippen LogP contribution in [0.5, 0.6) is 0 Å². The average Bonchev–Trinajstić information content (AvgIpc) is 3.17. The second-order valence-electron chi connectivity index (χ2n) is 12.5. The summed E-state index contributed by atoms with van der Waals surface area (Å²) in [6.07, 6.45) is 5.45. The van der Waals surface area contributed by atoms with Crippen LogP contribution in [0.2, 0.25) is 51.4 Å². The fourth-order valence-electron chi connectivity index (χ4n) is 4.25. The Bertz CT molecular complexity index is 962. The molecule has 8 nitrogen and oxygen atoms in total. The van der Waals surface area contributed by atoms with Gasteiger partial charge in [0, 0.05) is 54.1 Å². The third kappa shape index (κ3) is 8.74. The number of rotatable bonds is 13. The topological polar surface area (TPSA) is 87.1 Å². The van der Waals surface area contributed by atoms with Gasteiger partial charge in [-0.05, 0) is 60.4 Å². The van der Waals surface area contributed by atoms with Gasteiger partial charge in [-0.25, -0.2) is 4.98 Å². The number of anilines is 1. The van der Waals surface area contributed by atoms with Crippen molar-refractivity contribution in [2.45, 2.75) is 88.7 Å². The van der Waals surface area contributed by atoms with Crippen LogP contribution in [0.15, 0.2) is 12.3 Å². The fraction of sp³-hybridized carbons (Fsp3) is 0.760. The van der Waals surface area contributed by atoms with Crippen molar-refractivity contribution in [2.24, 2.45) is 5.73 Å². The second-order valence-corrected chi connectivity index (χ2v) is 25.0. The van der Waals surface area contributed by atoms with Gasteiger partial charge < -0.3 is 24.8 Å². The van der Waals surface area contributed by atoms with Gasteiger partial charge >= 0.3 is 0 Å². The fourth-order valence-corrected chi connectivity index (χ4v) is 6.24. The molecule has 0 unspecified atom stereocenters. The van der Waals surface area contributed by atoms with Crippen LogP contribution in [-0.4, -0.2) is 70.3 Å². The summed E-state index contributed by atoms with van der Waals surface area (Å²) >= 11 is 2.32. The molecule has 0 aromatic carbocycles. The number of hydrogen-bond donors (Lipinski definition) is 1. The molecule has 0 bridgehead atoms. The summed E-state index contributed by atoms with van der Waals surface area (Å²) in [4.78, 5) is 7.21. The van der Waals surface area contributed by atoms with E-state index in [4.69, 9.17) is 24.9 Å². The number of hydrogen-bond acceptors (Lipinski definition) is 7. The van der Waals surface area contributed by atoms with E-state index in [9.17, 15) is 0 Å². The minimum Gasteiger partial charge on any atom is -0.364 e. The van der Waals surface area contributed by atoms with E-state index < -0.39 is 21.9 Å². The van der Waals surface area contributed by atoms with Gasteiger partial charge in [-0.15, -0.1) is 0 Å². The van der Waals surface area contributed by atoms with Gasteiger partial charge in [0.1, 0.15) is 25.0 Å². The third-order valence-electron chi connectivity index (χ3n) is 6.90. The van der Waals surface area contributed by atoms with E-state index in [-0.39, 0.29) is 0 Å². The number of halogens is 1. The first-order valence-corrected chi connectivity index (χ1v) is 21.6. The highest BCUT2D eigenvalue weighted by atomic mass is 127. The van der Waals surface area contributed by atoms with Gasteiger partial charge in [0.15, 0.2) is 5.65 Å². The van der Waals surface area contributed by atoms with Crippen LogP contribution in [0.3, 0.4) is 0 Å². The Kier molecular flexibility index (Phi) is 10.4. The van der Waals surface area contributed by atoms with Crippen molar-refractivity contribution in [1.82, 2.24) is 14.6 Å². The lowest BCUT2D eigenvalue weighted by molar-refractivity contribution is -0.0378. The molecule has 1 fully saturated rings. The normalized spacial score (nSPS) is 21.3. The Labute approximate surface area is 232 Å². The molecular weight excluding hydrogens is 601 g/mol. The lowest BCUT2D eigenvalue weighted by Gasteiger charge is -2.36. The predicted octanol–water partition coefficient (Wildman–Crippen LogP) is 5.72. The highest BCUT2D eigenvalue weighted by Gasteiger charge is 2.33. The molecule has 0 spiro atoms. The highest BCUT2D eigenvalue weighted by Crippen LogP contribution is 2.38. The molecule has 2 heterocycles. The van der Waals surface area contributed by atoms with Crippen LogP contribution in [0, 0.1) is 3.57 Å². The van der Waals surface area contributed by atoms with Gasteiger partial charge in [0.05, 0.1) is 9.77 Å². The van der Waals surface area contributed by atoms with Crippen molar-refractivity contribution in [3.63, 3.8) is 0 Å². The Hall–Kier alpha value is -0.576. The first-order valence-electron chi connectivity index (χ1n) is 13.1. The van der Waals surface area contributed by atoms with Crippen LogP contribution >= 0.6 is 22.6 Å². The largest absolute Gasteiger partial charge is 0.364 e. The van der Waals surface area contributed by atoms with Crippen molar-refractivity contribution in [3.05, 3.63) is 21.5 Å². The number of fused-ring (bicyclic) bond motifs is 1. The molecule has 0 atom stereocenters. The Morgan fingerprint density at radius 3 is 2.11 bits per heavy atom. The number of ether oxygens (including phenoxy) is 3. The number of nitrogens with two attached hydrogens (primary N) is 1. The van der Waals surface area contributed by atoms with Gasteiger partial charge in [0.2, 0.25) is 0 Å². The zero-order valence-corrected chi connectivity index (χ0v) is 27.4. The van der Waals surface area contributed by atoms with Gasteiger partial charge in [-0.3, -0.25) is 0 Å². The van der Waals surface area contributed by atoms with Crippen LogP contribution in [0.4, 0.5) is 5.82 Å². The Morgan fingerprint density at radius 2 is 1.61 bits per heavy atom. The van der Waals surface area contributed by atoms with Crippen molar-refractivity contribution in [1.29, 1.82) is 0 Å². The van der Waals surface area contributed by atoms with E-state index in [1.165, 1.54) is 0 Å². The molecular formula is C25H46IN5O3Si2. The van der Waals surface area contributed by atoms with E-state index in [0.29, 0.717) is 19.4 Å². The van der Waals surface area contributed by atoms with E-state index >= 15 is 0 Å². The first-order chi connectivity index (χ1) is 16.8. The SMILES string of the molecule is CO[C@]1(N)CC[C@H](c2cc(N(COCC[Si](C)(C)C)COCC[Si](C)(C)C)n3ncc(I)c3n2)CC1. The van der Waals surface area contributed by atoms with E-state index in [2.05, 4.69) is 77.9 Å². The quantitative estimate of drug-likeness (QED) is 0.129. The van der Waals surface area contributed by atoms with Crippen molar-refractivity contribution >= 4 is 50.2 Å². The molecule has 1 aliphatic rings. The summed E-state index contributed by atoms with van der Waals surface area (Å²) in [7, 11) is -0.626. The van der Waals surface area contributed by atoms with Crippen LogP contribution in [0.1, 0.15) is 37.3 Å². The van der Waals surface area contributed by atoms with Crippen molar-refractivity contribution < 1.29 is 14.2 Å². The Balaban J connectivity index is 1.85. The molecule has 0 radical (unpaired) electrons. The summed E-state index contributed by atoms with van der Waals surface area (Å²) in [5.41, 5.74) is 7.83. The maximum absolute atomic E-state index is 6.38. The highest BCUT2D eigenvalue weighted by molar-refractivity contribution is 14.1. The molecule has 204 valence electrons.